The summed E-state index contributed by atoms with van der Waals surface area (Å²) >= 11 is 1.45. The molecule has 0 unspecified atom stereocenters. The van der Waals surface area contributed by atoms with Crippen molar-refractivity contribution in [1.82, 2.24) is 15.5 Å². The first kappa shape index (κ1) is 9.39. The molecule has 1 aromatic heterocycles. The lowest BCUT2D eigenvalue weighted by atomic mass is 10.2. The third-order valence-electron chi connectivity index (χ3n) is 2.39. The minimum Gasteiger partial charge on any atom is -0.341 e. The molecule has 14 heavy (non-hydrogen) atoms. The number of nitrogens with one attached hydrogen (secondary N) is 2. The first-order valence-electron chi connectivity index (χ1n) is 4.47. The summed E-state index contributed by atoms with van der Waals surface area (Å²) in [5.41, 5.74) is 0.223. The minimum atomic E-state index is -0.256. The molecular weight excluding hydrogens is 200 g/mol. The molecule has 1 heterocycles. The highest BCUT2D eigenvalue weighted by molar-refractivity contribution is 7.15. The zero-order chi connectivity index (χ0) is 10.2. The Morgan fingerprint density at radius 1 is 1.50 bits per heavy atom. The van der Waals surface area contributed by atoms with Gasteiger partial charge in [-0.15, -0.1) is 10.2 Å². The molecule has 0 saturated heterocycles. The quantitative estimate of drug-likeness (QED) is 0.777. The fourth-order valence-corrected chi connectivity index (χ4v) is 2.02. The van der Waals surface area contributed by atoms with E-state index in [4.69, 9.17) is 0 Å². The Morgan fingerprint density at radius 2 is 2.21 bits per heavy atom. The number of carbonyl (C=O) groups is 1. The predicted octanol–water partition coefficient (Wildman–Crippen LogP) is 1.34. The fraction of sp³-hybridized carbons (Fsp3) is 0.625. The highest BCUT2D eigenvalue weighted by Gasteiger charge is 2.42. The number of urea groups is 1. The Labute approximate surface area is 85.9 Å². The molecule has 0 spiro atoms. The van der Waals surface area contributed by atoms with Crippen LogP contribution in [0.2, 0.25) is 0 Å². The standard InChI is InChI=1S/C8H12N4OS/c1-8(3-4-8)5-11-12-7(14-5)10-6(13)9-2/h3-4H2,1-2H3,(H2,9,10,12,13). The SMILES string of the molecule is CNC(=O)Nc1nnc(C2(C)CC2)s1. The summed E-state index contributed by atoms with van der Waals surface area (Å²) in [6.07, 6.45) is 2.34. The van der Waals surface area contributed by atoms with Gasteiger partial charge in [-0.25, -0.2) is 4.79 Å². The summed E-state index contributed by atoms with van der Waals surface area (Å²) in [5, 5.41) is 14.6. The lowest BCUT2D eigenvalue weighted by Crippen LogP contribution is -2.24. The zero-order valence-corrected chi connectivity index (χ0v) is 8.94. The van der Waals surface area contributed by atoms with Crippen LogP contribution in [0.3, 0.4) is 0 Å². The number of hydrogen-bond acceptors (Lipinski definition) is 4. The summed E-state index contributed by atoms with van der Waals surface area (Å²) in [4.78, 5) is 11.0. The van der Waals surface area contributed by atoms with Crippen molar-refractivity contribution in [2.75, 3.05) is 12.4 Å². The molecule has 1 aromatic rings. The average molecular weight is 212 g/mol. The lowest BCUT2D eigenvalue weighted by molar-refractivity contribution is 0.254. The summed E-state index contributed by atoms with van der Waals surface area (Å²) < 4.78 is 0. The minimum absolute atomic E-state index is 0.223. The molecule has 0 atom stereocenters. The number of aromatic nitrogens is 2. The zero-order valence-electron chi connectivity index (χ0n) is 8.13. The van der Waals surface area contributed by atoms with Crippen molar-refractivity contribution in [3.8, 4) is 0 Å². The predicted molar refractivity (Wildman–Crippen MR) is 54.6 cm³/mol. The van der Waals surface area contributed by atoms with Crippen molar-refractivity contribution in [2.45, 2.75) is 25.2 Å². The van der Waals surface area contributed by atoms with E-state index in [0.717, 1.165) is 5.01 Å². The molecule has 1 fully saturated rings. The number of rotatable bonds is 2. The Balaban J connectivity index is 2.06. The van der Waals surface area contributed by atoms with Gasteiger partial charge in [-0.1, -0.05) is 18.3 Å². The highest BCUT2D eigenvalue weighted by Crippen LogP contribution is 2.48. The summed E-state index contributed by atoms with van der Waals surface area (Å²) in [5.74, 6) is 0. The molecule has 1 aliphatic rings. The van der Waals surface area contributed by atoms with Crippen LogP contribution in [0.4, 0.5) is 9.93 Å². The molecular formula is C8H12N4OS. The fourth-order valence-electron chi connectivity index (χ4n) is 1.08. The molecule has 0 radical (unpaired) electrons. The van der Waals surface area contributed by atoms with E-state index in [9.17, 15) is 4.79 Å². The van der Waals surface area contributed by atoms with Crippen molar-refractivity contribution in [2.24, 2.45) is 0 Å². The van der Waals surface area contributed by atoms with Gasteiger partial charge in [0.05, 0.1) is 0 Å². The molecule has 2 rings (SSSR count). The smallest absolute Gasteiger partial charge is 0.320 e. The van der Waals surface area contributed by atoms with Gasteiger partial charge in [-0.05, 0) is 12.8 Å². The molecule has 0 aliphatic heterocycles. The second-order valence-electron chi connectivity index (χ2n) is 3.68. The summed E-state index contributed by atoms with van der Waals surface area (Å²) in [6, 6.07) is -0.256. The maximum absolute atomic E-state index is 11.0. The van der Waals surface area contributed by atoms with Crippen LogP contribution in [0.15, 0.2) is 0 Å². The Hall–Kier alpha value is -1.17. The number of amides is 2. The number of anilines is 1. The first-order valence-corrected chi connectivity index (χ1v) is 5.28. The van der Waals surface area contributed by atoms with E-state index in [0.29, 0.717) is 5.13 Å². The monoisotopic (exact) mass is 212 g/mol. The van der Waals surface area contributed by atoms with Crippen LogP contribution in [0, 0.1) is 0 Å². The van der Waals surface area contributed by atoms with Crippen molar-refractivity contribution in [3.05, 3.63) is 5.01 Å². The molecule has 76 valence electrons. The van der Waals surface area contributed by atoms with E-state index in [1.54, 1.807) is 7.05 Å². The van der Waals surface area contributed by atoms with Crippen LogP contribution in [0.5, 0.6) is 0 Å². The third-order valence-corrected chi connectivity index (χ3v) is 3.53. The normalized spacial score (nSPS) is 17.6. The van der Waals surface area contributed by atoms with Gasteiger partial charge in [0.25, 0.3) is 0 Å². The largest absolute Gasteiger partial charge is 0.341 e. The van der Waals surface area contributed by atoms with Crippen molar-refractivity contribution >= 4 is 22.5 Å². The van der Waals surface area contributed by atoms with Crippen LogP contribution in [-0.2, 0) is 5.41 Å². The van der Waals surface area contributed by atoms with Gasteiger partial charge in [-0.3, -0.25) is 5.32 Å². The van der Waals surface area contributed by atoms with E-state index >= 15 is 0 Å². The van der Waals surface area contributed by atoms with E-state index < -0.39 is 0 Å². The molecule has 2 N–H and O–H groups in total. The second-order valence-corrected chi connectivity index (χ2v) is 4.65. The van der Waals surface area contributed by atoms with Gasteiger partial charge in [0.15, 0.2) is 0 Å². The number of nitrogens with zero attached hydrogens (tertiary/aromatic N) is 2. The van der Waals surface area contributed by atoms with Crippen LogP contribution in [-0.4, -0.2) is 23.3 Å². The number of hydrogen-bond donors (Lipinski definition) is 2. The molecule has 1 saturated carbocycles. The molecule has 0 aromatic carbocycles. The average Bonchev–Trinajstić information content (AvgIpc) is 2.75. The summed E-state index contributed by atoms with van der Waals surface area (Å²) in [6.45, 7) is 2.16. The van der Waals surface area contributed by atoms with Crippen LogP contribution >= 0.6 is 11.3 Å². The second kappa shape index (κ2) is 3.20. The van der Waals surface area contributed by atoms with Gasteiger partial charge in [0.1, 0.15) is 5.01 Å². The molecule has 6 heteroatoms. The Kier molecular flexibility index (Phi) is 2.14. The third kappa shape index (κ3) is 1.70. The molecule has 5 nitrogen and oxygen atoms in total. The van der Waals surface area contributed by atoms with Gasteiger partial charge < -0.3 is 5.32 Å². The van der Waals surface area contributed by atoms with Gasteiger partial charge in [0, 0.05) is 12.5 Å². The highest BCUT2D eigenvalue weighted by atomic mass is 32.1. The van der Waals surface area contributed by atoms with Gasteiger partial charge in [-0.2, -0.15) is 0 Å². The van der Waals surface area contributed by atoms with Gasteiger partial charge in [0.2, 0.25) is 5.13 Å². The molecule has 0 bridgehead atoms. The van der Waals surface area contributed by atoms with Crippen LogP contribution in [0.25, 0.3) is 0 Å². The van der Waals surface area contributed by atoms with Crippen molar-refractivity contribution in [1.29, 1.82) is 0 Å². The molecule has 1 aliphatic carbocycles. The van der Waals surface area contributed by atoms with Gasteiger partial charge >= 0.3 is 6.03 Å². The van der Waals surface area contributed by atoms with Crippen LogP contribution in [0.1, 0.15) is 24.8 Å². The van der Waals surface area contributed by atoms with Crippen LogP contribution < -0.4 is 10.6 Å². The van der Waals surface area contributed by atoms with E-state index in [1.807, 2.05) is 0 Å². The van der Waals surface area contributed by atoms with E-state index in [2.05, 4.69) is 27.8 Å². The molecule has 2 amide bonds. The van der Waals surface area contributed by atoms with E-state index in [1.165, 1.54) is 24.2 Å². The number of carbonyl (C=O) groups excluding carboxylic acids is 1. The topological polar surface area (TPSA) is 66.9 Å². The Bertz CT molecular complexity index is 358. The lowest BCUT2D eigenvalue weighted by Gasteiger charge is -1.99. The maximum Gasteiger partial charge on any atom is 0.320 e. The Morgan fingerprint density at radius 3 is 2.79 bits per heavy atom. The first-order chi connectivity index (χ1) is 6.64. The van der Waals surface area contributed by atoms with E-state index in [-0.39, 0.29) is 11.4 Å². The maximum atomic E-state index is 11.0. The van der Waals surface area contributed by atoms with Crippen molar-refractivity contribution in [3.63, 3.8) is 0 Å². The summed E-state index contributed by atoms with van der Waals surface area (Å²) in [7, 11) is 1.57. The van der Waals surface area contributed by atoms with Crippen molar-refractivity contribution < 1.29 is 4.79 Å².